The first-order valence-corrected chi connectivity index (χ1v) is 5.70. The number of rotatable bonds is 2. The number of para-hydroxylation sites is 1. The molecule has 3 rings (SSSR count). The quantitative estimate of drug-likeness (QED) is 0.783. The Labute approximate surface area is 89.7 Å². The highest BCUT2D eigenvalue weighted by Crippen LogP contribution is 2.61. The summed E-state index contributed by atoms with van der Waals surface area (Å²) in [6, 6.07) is 8.11. The summed E-state index contributed by atoms with van der Waals surface area (Å²) in [6.45, 7) is 2.19. The van der Waals surface area contributed by atoms with Crippen LogP contribution in [-0.2, 0) is 10.2 Å². The van der Waals surface area contributed by atoms with Crippen molar-refractivity contribution in [3.63, 3.8) is 0 Å². The summed E-state index contributed by atoms with van der Waals surface area (Å²) in [5, 5.41) is 3.00. The smallest absolute Gasteiger partial charge is 0.235 e. The van der Waals surface area contributed by atoms with Crippen molar-refractivity contribution < 1.29 is 4.79 Å². The summed E-state index contributed by atoms with van der Waals surface area (Å²) in [7, 11) is 0. The number of benzene rings is 1. The molecular weight excluding hydrogens is 186 g/mol. The number of hydrogen-bond donors (Lipinski definition) is 1. The van der Waals surface area contributed by atoms with Gasteiger partial charge >= 0.3 is 0 Å². The maximum Gasteiger partial charge on any atom is 0.235 e. The molecule has 1 aromatic carbocycles. The molecule has 0 saturated heterocycles. The molecular formula is C13H15NO. The summed E-state index contributed by atoms with van der Waals surface area (Å²) in [4.78, 5) is 12.0. The third kappa shape index (κ3) is 1.02. The number of carbonyl (C=O) groups excluding carboxylic acids is 1. The second kappa shape index (κ2) is 2.84. The van der Waals surface area contributed by atoms with Crippen molar-refractivity contribution in [2.45, 2.75) is 31.6 Å². The molecule has 1 N–H and O–H groups in total. The molecule has 1 fully saturated rings. The largest absolute Gasteiger partial charge is 0.325 e. The number of anilines is 1. The van der Waals surface area contributed by atoms with Gasteiger partial charge in [0.25, 0.3) is 0 Å². The normalized spacial score (nSPS) is 31.5. The first-order chi connectivity index (χ1) is 7.29. The molecule has 2 heteroatoms. The van der Waals surface area contributed by atoms with E-state index in [1.54, 1.807) is 0 Å². The number of carbonyl (C=O) groups is 1. The van der Waals surface area contributed by atoms with Crippen molar-refractivity contribution in [1.82, 2.24) is 0 Å². The molecule has 1 aliphatic carbocycles. The Balaban J connectivity index is 2.01. The Morgan fingerprint density at radius 2 is 2.27 bits per heavy atom. The zero-order chi connectivity index (χ0) is 10.5. The van der Waals surface area contributed by atoms with Gasteiger partial charge in [-0.1, -0.05) is 31.5 Å². The van der Waals surface area contributed by atoms with E-state index in [2.05, 4.69) is 18.3 Å². The lowest BCUT2D eigenvalue weighted by atomic mass is 9.93. The fourth-order valence-corrected chi connectivity index (χ4v) is 2.97. The van der Waals surface area contributed by atoms with E-state index in [4.69, 9.17) is 0 Å². The van der Waals surface area contributed by atoms with Gasteiger partial charge < -0.3 is 5.32 Å². The maximum absolute atomic E-state index is 12.0. The zero-order valence-electron chi connectivity index (χ0n) is 8.92. The second-order valence-electron chi connectivity index (χ2n) is 4.66. The van der Waals surface area contributed by atoms with Crippen LogP contribution in [0, 0.1) is 5.92 Å². The monoisotopic (exact) mass is 201 g/mol. The van der Waals surface area contributed by atoms with Crippen molar-refractivity contribution >= 4 is 11.6 Å². The molecule has 1 aromatic rings. The Morgan fingerprint density at radius 1 is 1.47 bits per heavy atom. The molecule has 2 nitrogen and oxygen atoms in total. The Morgan fingerprint density at radius 3 is 3.07 bits per heavy atom. The SMILES string of the molecule is CCC[C@@H]1C[C@@]12C(=O)Nc1ccccc12. The van der Waals surface area contributed by atoms with Gasteiger partial charge in [-0.15, -0.1) is 0 Å². The number of nitrogens with one attached hydrogen (secondary N) is 1. The predicted octanol–water partition coefficient (Wildman–Crippen LogP) is 2.70. The summed E-state index contributed by atoms with van der Waals surface area (Å²) >= 11 is 0. The fourth-order valence-electron chi connectivity index (χ4n) is 2.97. The standard InChI is InChI=1S/C13H15NO/c1-2-5-9-8-13(9)10-6-3-4-7-11(10)14-12(13)15/h3-4,6-7,9H,2,5,8H2,1H3,(H,14,15)/t9-,13-/m1/s1. The minimum absolute atomic E-state index is 0.146. The van der Waals surface area contributed by atoms with Crippen LogP contribution < -0.4 is 5.32 Å². The molecule has 1 amide bonds. The Bertz CT molecular complexity index is 426. The van der Waals surface area contributed by atoms with Gasteiger partial charge in [0.1, 0.15) is 0 Å². The molecule has 78 valence electrons. The maximum atomic E-state index is 12.0. The van der Waals surface area contributed by atoms with Crippen LogP contribution in [0.25, 0.3) is 0 Å². The number of hydrogen-bond acceptors (Lipinski definition) is 1. The predicted molar refractivity (Wildman–Crippen MR) is 59.8 cm³/mol. The van der Waals surface area contributed by atoms with E-state index in [0.717, 1.165) is 12.1 Å². The molecule has 2 atom stereocenters. The molecule has 0 aromatic heterocycles. The van der Waals surface area contributed by atoms with E-state index in [9.17, 15) is 4.79 Å². The average molecular weight is 201 g/mol. The van der Waals surface area contributed by atoms with Crippen LogP contribution in [0.2, 0.25) is 0 Å². The molecule has 1 heterocycles. The van der Waals surface area contributed by atoms with Crippen molar-refractivity contribution in [1.29, 1.82) is 0 Å². The van der Waals surface area contributed by atoms with Crippen LogP contribution in [0.4, 0.5) is 5.69 Å². The first-order valence-electron chi connectivity index (χ1n) is 5.70. The van der Waals surface area contributed by atoms with Gasteiger partial charge in [0.15, 0.2) is 0 Å². The number of fused-ring (bicyclic) bond motifs is 2. The summed E-state index contributed by atoms with van der Waals surface area (Å²) in [5.74, 6) is 0.799. The van der Waals surface area contributed by atoms with Crippen LogP contribution >= 0.6 is 0 Å². The second-order valence-corrected chi connectivity index (χ2v) is 4.66. The lowest BCUT2D eigenvalue weighted by Gasteiger charge is -2.06. The lowest BCUT2D eigenvalue weighted by molar-refractivity contribution is -0.118. The third-order valence-corrected chi connectivity index (χ3v) is 3.80. The van der Waals surface area contributed by atoms with E-state index >= 15 is 0 Å². The van der Waals surface area contributed by atoms with Crippen molar-refractivity contribution in [3.05, 3.63) is 29.8 Å². The minimum atomic E-state index is -0.146. The van der Waals surface area contributed by atoms with Gasteiger partial charge in [-0.05, 0) is 30.4 Å². The molecule has 15 heavy (non-hydrogen) atoms. The molecule has 0 unspecified atom stereocenters. The number of amides is 1. The molecule has 0 bridgehead atoms. The van der Waals surface area contributed by atoms with Crippen molar-refractivity contribution in [3.8, 4) is 0 Å². The summed E-state index contributed by atoms with van der Waals surface area (Å²) < 4.78 is 0. The van der Waals surface area contributed by atoms with Crippen LogP contribution in [0.5, 0.6) is 0 Å². The highest BCUT2D eigenvalue weighted by atomic mass is 16.2. The molecule has 1 spiro atoms. The van der Waals surface area contributed by atoms with E-state index in [0.29, 0.717) is 5.92 Å². The van der Waals surface area contributed by atoms with Gasteiger partial charge in [0.2, 0.25) is 5.91 Å². The summed E-state index contributed by atoms with van der Waals surface area (Å²) in [6.07, 6.45) is 3.38. The Hall–Kier alpha value is -1.31. The molecule has 0 radical (unpaired) electrons. The topological polar surface area (TPSA) is 29.1 Å². The van der Waals surface area contributed by atoms with Crippen molar-refractivity contribution in [2.75, 3.05) is 5.32 Å². The zero-order valence-corrected chi connectivity index (χ0v) is 8.92. The van der Waals surface area contributed by atoms with Crippen LogP contribution in [0.15, 0.2) is 24.3 Å². The molecule has 1 aliphatic heterocycles. The van der Waals surface area contributed by atoms with E-state index in [1.165, 1.54) is 18.4 Å². The highest BCUT2D eigenvalue weighted by molar-refractivity contribution is 6.08. The van der Waals surface area contributed by atoms with E-state index in [1.807, 2.05) is 18.2 Å². The third-order valence-electron chi connectivity index (χ3n) is 3.80. The van der Waals surface area contributed by atoms with Gasteiger partial charge in [0, 0.05) is 5.69 Å². The fraction of sp³-hybridized carbons (Fsp3) is 0.462. The first kappa shape index (κ1) is 8.96. The molecule has 2 aliphatic rings. The van der Waals surface area contributed by atoms with E-state index < -0.39 is 0 Å². The Kier molecular flexibility index (Phi) is 1.70. The average Bonchev–Trinajstić information content (AvgIpc) is 2.87. The highest BCUT2D eigenvalue weighted by Gasteiger charge is 2.63. The van der Waals surface area contributed by atoms with Gasteiger partial charge in [-0.25, -0.2) is 0 Å². The van der Waals surface area contributed by atoms with Crippen LogP contribution in [-0.4, -0.2) is 5.91 Å². The summed E-state index contributed by atoms with van der Waals surface area (Å²) in [5.41, 5.74) is 2.11. The molecule has 1 saturated carbocycles. The van der Waals surface area contributed by atoms with Gasteiger partial charge in [0.05, 0.1) is 5.41 Å². The lowest BCUT2D eigenvalue weighted by Crippen LogP contribution is -2.21. The van der Waals surface area contributed by atoms with Crippen LogP contribution in [0.3, 0.4) is 0 Å². The van der Waals surface area contributed by atoms with E-state index in [-0.39, 0.29) is 11.3 Å². The van der Waals surface area contributed by atoms with Crippen LogP contribution in [0.1, 0.15) is 31.7 Å². The van der Waals surface area contributed by atoms with Gasteiger partial charge in [-0.3, -0.25) is 4.79 Å². The van der Waals surface area contributed by atoms with Gasteiger partial charge in [-0.2, -0.15) is 0 Å². The minimum Gasteiger partial charge on any atom is -0.325 e. The van der Waals surface area contributed by atoms with Crippen molar-refractivity contribution in [2.24, 2.45) is 5.92 Å².